The van der Waals surface area contributed by atoms with Gasteiger partial charge in [0.25, 0.3) is 11.5 Å². The van der Waals surface area contributed by atoms with E-state index in [0.717, 1.165) is 12.0 Å². The monoisotopic (exact) mass is 313 g/mol. The van der Waals surface area contributed by atoms with E-state index in [2.05, 4.69) is 10.5 Å². The number of carbonyl (C=O) groups is 1. The van der Waals surface area contributed by atoms with Gasteiger partial charge in [0.05, 0.1) is 12.8 Å². The second kappa shape index (κ2) is 7.93. The minimum Gasteiger partial charge on any atom is -0.493 e. The molecule has 0 aliphatic heterocycles. The van der Waals surface area contributed by atoms with Crippen LogP contribution in [-0.4, -0.2) is 23.3 Å². The number of pyridine rings is 1. The molecular formula is C17H19N3O3. The Kier molecular flexibility index (Phi) is 5.68. The summed E-state index contributed by atoms with van der Waals surface area (Å²) in [5.74, 6) is 0.150. The van der Waals surface area contributed by atoms with Crippen LogP contribution in [0.3, 0.4) is 0 Å². The Morgan fingerprint density at radius 3 is 2.87 bits per heavy atom. The molecule has 0 aliphatic carbocycles. The molecule has 120 valence electrons. The largest absolute Gasteiger partial charge is 0.493 e. The second-order valence-corrected chi connectivity index (χ2v) is 4.92. The molecule has 0 spiro atoms. The summed E-state index contributed by atoms with van der Waals surface area (Å²) < 4.78 is 6.95. The number of rotatable bonds is 6. The van der Waals surface area contributed by atoms with Crippen LogP contribution in [0.2, 0.25) is 0 Å². The molecule has 1 amide bonds. The summed E-state index contributed by atoms with van der Waals surface area (Å²) in [6, 6.07) is 10.5. The van der Waals surface area contributed by atoms with Crippen molar-refractivity contribution >= 4 is 12.1 Å². The van der Waals surface area contributed by atoms with Crippen molar-refractivity contribution in [3.05, 3.63) is 64.1 Å². The normalized spacial score (nSPS) is 10.7. The Balaban J connectivity index is 2.08. The lowest BCUT2D eigenvalue weighted by Gasteiger charge is -2.07. The average molecular weight is 313 g/mol. The summed E-state index contributed by atoms with van der Waals surface area (Å²) in [7, 11) is 1.59. The minimum absolute atomic E-state index is 0.0441. The molecule has 23 heavy (non-hydrogen) atoms. The maximum absolute atomic E-state index is 12.0. The van der Waals surface area contributed by atoms with Gasteiger partial charge in [-0.15, -0.1) is 0 Å². The number of ether oxygens (including phenoxy) is 1. The third-order valence-corrected chi connectivity index (χ3v) is 3.12. The highest BCUT2D eigenvalue weighted by atomic mass is 16.5. The van der Waals surface area contributed by atoms with E-state index in [0.29, 0.717) is 12.4 Å². The molecule has 1 N–H and O–H groups in total. The Labute approximate surface area is 134 Å². The van der Waals surface area contributed by atoms with Crippen LogP contribution in [0.25, 0.3) is 0 Å². The van der Waals surface area contributed by atoms with E-state index in [4.69, 9.17) is 4.74 Å². The number of hydrogen-bond donors (Lipinski definition) is 1. The van der Waals surface area contributed by atoms with Crippen LogP contribution in [0.15, 0.2) is 52.5 Å². The fourth-order valence-electron chi connectivity index (χ4n) is 1.92. The minimum atomic E-state index is -0.547. The van der Waals surface area contributed by atoms with Gasteiger partial charge in [0.1, 0.15) is 11.3 Å². The zero-order valence-electron chi connectivity index (χ0n) is 13.2. The lowest BCUT2D eigenvalue weighted by atomic mass is 10.2. The number of para-hydroxylation sites is 1. The van der Waals surface area contributed by atoms with E-state index in [9.17, 15) is 9.59 Å². The van der Waals surface area contributed by atoms with Crippen LogP contribution in [-0.2, 0) is 7.05 Å². The van der Waals surface area contributed by atoms with E-state index in [1.165, 1.54) is 16.8 Å². The number of amides is 1. The molecular weight excluding hydrogens is 294 g/mol. The molecule has 1 aromatic heterocycles. The summed E-state index contributed by atoms with van der Waals surface area (Å²) in [5, 5.41) is 3.90. The van der Waals surface area contributed by atoms with Gasteiger partial charge in [0, 0.05) is 18.8 Å². The summed E-state index contributed by atoms with van der Waals surface area (Å²) in [4.78, 5) is 23.8. The fourth-order valence-corrected chi connectivity index (χ4v) is 1.92. The SMILES string of the molecule is CCCOc1ccccc1/C=N\NC(=O)c1cccn(C)c1=O. The van der Waals surface area contributed by atoms with Crippen molar-refractivity contribution in [2.75, 3.05) is 6.61 Å². The lowest BCUT2D eigenvalue weighted by molar-refractivity contribution is 0.0953. The summed E-state index contributed by atoms with van der Waals surface area (Å²) >= 11 is 0. The first kappa shape index (κ1) is 16.5. The van der Waals surface area contributed by atoms with Crippen molar-refractivity contribution in [1.29, 1.82) is 0 Å². The topological polar surface area (TPSA) is 72.7 Å². The van der Waals surface area contributed by atoms with E-state index >= 15 is 0 Å². The Morgan fingerprint density at radius 1 is 1.30 bits per heavy atom. The number of nitrogens with zero attached hydrogens (tertiary/aromatic N) is 2. The first-order valence-corrected chi connectivity index (χ1v) is 7.34. The van der Waals surface area contributed by atoms with Crippen molar-refractivity contribution in [2.45, 2.75) is 13.3 Å². The zero-order chi connectivity index (χ0) is 16.7. The molecule has 0 bridgehead atoms. The quantitative estimate of drug-likeness (QED) is 0.654. The highest BCUT2D eigenvalue weighted by Crippen LogP contribution is 2.15. The second-order valence-electron chi connectivity index (χ2n) is 4.92. The molecule has 0 atom stereocenters. The number of hydrogen-bond acceptors (Lipinski definition) is 4. The summed E-state index contributed by atoms with van der Waals surface area (Å²) in [6.45, 7) is 2.63. The van der Waals surface area contributed by atoms with Crippen molar-refractivity contribution in [3.8, 4) is 5.75 Å². The van der Waals surface area contributed by atoms with Gasteiger partial charge in [0.2, 0.25) is 0 Å². The molecule has 6 nitrogen and oxygen atoms in total. The van der Waals surface area contributed by atoms with Gasteiger partial charge in [-0.05, 0) is 30.7 Å². The standard InChI is InChI=1S/C17H19N3O3/c1-3-11-23-15-9-5-4-7-13(15)12-18-19-16(21)14-8-6-10-20(2)17(14)22/h4-10,12H,3,11H2,1-2H3,(H,19,21)/b18-12-. The molecule has 2 aromatic rings. The number of aromatic nitrogens is 1. The zero-order valence-corrected chi connectivity index (χ0v) is 13.2. The van der Waals surface area contributed by atoms with Crippen molar-refractivity contribution in [1.82, 2.24) is 9.99 Å². The number of benzene rings is 1. The predicted octanol–water partition coefficient (Wildman–Crippen LogP) is 1.94. The van der Waals surface area contributed by atoms with Gasteiger partial charge < -0.3 is 9.30 Å². The number of aryl methyl sites for hydroxylation is 1. The first-order valence-electron chi connectivity index (χ1n) is 7.34. The molecule has 0 saturated carbocycles. The molecule has 1 heterocycles. The van der Waals surface area contributed by atoms with E-state index in [-0.39, 0.29) is 11.1 Å². The highest BCUT2D eigenvalue weighted by Gasteiger charge is 2.09. The van der Waals surface area contributed by atoms with E-state index < -0.39 is 5.91 Å². The van der Waals surface area contributed by atoms with Gasteiger partial charge >= 0.3 is 0 Å². The Morgan fingerprint density at radius 2 is 2.09 bits per heavy atom. The molecule has 1 aromatic carbocycles. The predicted molar refractivity (Wildman–Crippen MR) is 89.0 cm³/mol. The fraction of sp³-hybridized carbons (Fsp3) is 0.235. The number of carbonyl (C=O) groups excluding carboxylic acids is 1. The average Bonchev–Trinajstić information content (AvgIpc) is 2.56. The number of nitrogens with one attached hydrogen (secondary N) is 1. The Hall–Kier alpha value is -2.89. The van der Waals surface area contributed by atoms with Gasteiger partial charge in [-0.3, -0.25) is 9.59 Å². The van der Waals surface area contributed by atoms with E-state index in [1.54, 1.807) is 19.3 Å². The van der Waals surface area contributed by atoms with Gasteiger partial charge in [-0.2, -0.15) is 5.10 Å². The van der Waals surface area contributed by atoms with E-state index in [1.807, 2.05) is 31.2 Å². The highest BCUT2D eigenvalue weighted by molar-refractivity contribution is 5.94. The van der Waals surface area contributed by atoms with Crippen molar-refractivity contribution in [3.63, 3.8) is 0 Å². The lowest BCUT2D eigenvalue weighted by Crippen LogP contribution is -2.29. The Bertz CT molecular complexity index is 766. The third kappa shape index (κ3) is 4.29. The smallest absolute Gasteiger partial charge is 0.276 e. The third-order valence-electron chi connectivity index (χ3n) is 3.12. The van der Waals surface area contributed by atoms with Gasteiger partial charge in [-0.1, -0.05) is 19.1 Å². The summed E-state index contributed by atoms with van der Waals surface area (Å²) in [5.41, 5.74) is 2.79. The summed E-state index contributed by atoms with van der Waals surface area (Å²) in [6.07, 6.45) is 3.99. The number of hydrazone groups is 1. The van der Waals surface area contributed by atoms with Crippen LogP contribution in [0, 0.1) is 0 Å². The van der Waals surface area contributed by atoms with Crippen molar-refractivity contribution < 1.29 is 9.53 Å². The van der Waals surface area contributed by atoms with Crippen LogP contribution >= 0.6 is 0 Å². The van der Waals surface area contributed by atoms with Crippen molar-refractivity contribution in [2.24, 2.45) is 12.1 Å². The molecule has 0 radical (unpaired) electrons. The molecule has 0 aliphatic rings. The van der Waals surface area contributed by atoms with Gasteiger partial charge in [0.15, 0.2) is 0 Å². The van der Waals surface area contributed by atoms with Crippen LogP contribution < -0.4 is 15.7 Å². The van der Waals surface area contributed by atoms with Crippen LogP contribution in [0.5, 0.6) is 5.75 Å². The molecule has 2 rings (SSSR count). The molecule has 0 saturated heterocycles. The maximum atomic E-state index is 12.0. The molecule has 0 fully saturated rings. The molecule has 0 unspecified atom stereocenters. The molecule has 6 heteroatoms. The van der Waals surface area contributed by atoms with Crippen LogP contribution in [0.4, 0.5) is 0 Å². The van der Waals surface area contributed by atoms with Gasteiger partial charge in [-0.25, -0.2) is 5.43 Å². The maximum Gasteiger partial charge on any atom is 0.276 e. The van der Waals surface area contributed by atoms with Crippen LogP contribution in [0.1, 0.15) is 29.3 Å². The first-order chi connectivity index (χ1) is 11.1.